The van der Waals surface area contributed by atoms with Gasteiger partial charge in [0.25, 0.3) is 0 Å². The Hall–Kier alpha value is -1.89. The number of carbonyl (C=O) groups is 3. The molecule has 7 heteroatoms. The highest BCUT2D eigenvalue weighted by molar-refractivity contribution is 5.91. The lowest BCUT2D eigenvalue weighted by atomic mass is 9.84. The van der Waals surface area contributed by atoms with Crippen LogP contribution in [0.4, 0.5) is 0 Å². The van der Waals surface area contributed by atoms with Crippen LogP contribution in [0.3, 0.4) is 0 Å². The Balaban J connectivity index is 3.13. The van der Waals surface area contributed by atoms with Crippen molar-refractivity contribution in [2.75, 3.05) is 26.7 Å². The number of esters is 1. The molecule has 190 valence electrons. The van der Waals surface area contributed by atoms with Gasteiger partial charge in [-0.05, 0) is 57.5 Å². The molecule has 0 radical (unpaired) electrons. The molecule has 0 bridgehead atoms. The number of piperidine rings is 1. The lowest BCUT2D eigenvalue weighted by molar-refractivity contribution is -0.142. The average molecular weight is 466 g/mol. The molecule has 1 heterocycles. The number of ether oxygens (including phenoxy) is 1. The van der Waals surface area contributed by atoms with E-state index in [2.05, 4.69) is 17.1 Å². The normalized spacial score (nSPS) is 19.7. The summed E-state index contributed by atoms with van der Waals surface area (Å²) in [4.78, 5) is 43.0. The highest BCUT2D eigenvalue weighted by Gasteiger charge is 2.39. The van der Waals surface area contributed by atoms with Crippen LogP contribution in [0.2, 0.25) is 0 Å². The van der Waals surface area contributed by atoms with E-state index in [1.807, 2.05) is 34.6 Å². The quantitative estimate of drug-likeness (QED) is 0.392. The summed E-state index contributed by atoms with van der Waals surface area (Å²) in [5.41, 5.74) is 0.0103. The van der Waals surface area contributed by atoms with Gasteiger partial charge in [-0.1, -0.05) is 54.0 Å². The van der Waals surface area contributed by atoms with Crippen molar-refractivity contribution in [3.8, 4) is 0 Å². The number of likely N-dealkylation sites (N-methyl/N-ethyl adjacent to an activating group) is 1. The van der Waals surface area contributed by atoms with E-state index in [1.54, 1.807) is 31.9 Å². The van der Waals surface area contributed by atoms with E-state index in [0.717, 1.165) is 38.8 Å². The van der Waals surface area contributed by atoms with E-state index in [9.17, 15) is 14.4 Å². The molecule has 7 nitrogen and oxygen atoms in total. The van der Waals surface area contributed by atoms with Crippen molar-refractivity contribution in [3.05, 3.63) is 11.6 Å². The number of nitrogens with zero attached hydrogens (tertiary/aromatic N) is 2. The molecule has 2 amide bonds. The molecule has 1 saturated heterocycles. The van der Waals surface area contributed by atoms with Gasteiger partial charge in [0.05, 0.1) is 18.7 Å². The number of rotatable bonds is 10. The predicted molar refractivity (Wildman–Crippen MR) is 133 cm³/mol. The third-order valence-electron chi connectivity index (χ3n) is 6.32. The molecular formula is C26H47N3O4. The van der Waals surface area contributed by atoms with Gasteiger partial charge in [-0.3, -0.25) is 14.5 Å². The lowest BCUT2D eigenvalue weighted by Gasteiger charge is -2.40. The number of hydrogen-bond acceptors (Lipinski definition) is 5. The zero-order valence-corrected chi connectivity index (χ0v) is 22.4. The fourth-order valence-corrected chi connectivity index (χ4v) is 4.40. The molecule has 1 aliphatic heterocycles. The summed E-state index contributed by atoms with van der Waals surface area (Å²) in [5.74, 6) is -0.513. The largest absolute Gasteiger partial charge is 0.463 e. The fourth-order valence-electron chi connectivity index (χ4n) is 4.40. The van der Waals surface area contributed by atoms with Gasteiger partial charge >= 0.3 is 5.97 Å². The van der Waals surface area contributed by atoms with Crippen LogP contribution in [-0.2, 0) is 19.1 Å². The number of hydrogen-bond donors (Lipinski definition) is 1. The van der Waals surface area contributed by atoms with Crippen molar-refractivity contribution in [2.45, 2.75) is 99.2 Å². The summed E-state index contributed by atoms with van der Waals surface area (Å²) >= 11 is 0. The van der Waals surface area contributed by atoms with Crippen LogP contribution in [0.15, 0.2) is 11.6 Å². The number of carbonyl (C=O) groups excluding carboxylic acids is 3. The smallest absolute Gasteiger partial charge is 0.333 e. The second kappa shape index (κ2) is 13.1. The van der Waals surface area contributed by atoms with Crippen LogP contribution in [-0.4, -0.2) is 72.5 Å². The molecule has 0 aromatic carbocycles. The first-order valence-corrected chi connectivity index (χ1v) is 12.5. The molecule has 3 atom stereocenters. The Morgan fingerprint density at radius 3 is 2.33 bits per heavy atom. The zero-order chi connectivity index (χ0) is 25.3. The molecule has 0 spiro atoms. The summed E-state index contributed by atoms with van der Waals surface area (Å²) in [5, 5.41) is 3.10. The molecular weight excluding hydrogens is 418 g/mol. The van der Waals surface area contributed by atoms with E-state index in [-0.39, 0.29) is 35.8 Å². The average Bonchev–Trinajstić information content (AvgIpc) is 2.74. The SMILES string of the molecule is CCCN1CCCCC1C(=O)NC(C(=O)N(C)C(/C=C(\C)C(=O)OCC)C(C)C)C(C)(C)C. The minimum Gasteiger partial charge on any atom is -0.463 e. The maximum absolute atomic E-state index is 13.7. The Morgan fingerprint density at radius 2 is 1.82 bits per heavy atom. The van der Waals surface area contributed by atoms with Crippen molar-refractivity contribution in [3.63, 3.8) is 0 Å². The molecule has 33 heavy (non-hydrogen) atoms. The molecule has 0 aliphatic carbocycles. The van der Waals surface area contributed by atoms with Crippen molar-refractivity contribution >= 4 is 17.8 Å². The van der Waals surface area contributed by atoms with Crippen molar-refractivity contribution in [1.29, 1.82) is 0 Å². The maximum Gasteiger partial charge on any atom is 0.333 e. The first kappa shape index (κ1) is 29.1. The monoisotopic (exact) mass is 465 g/mol. The van der Waals surface area contributed by atoms with Gasteiger partial charge in [0, 0.05) is 12.6 Å². The van der Waals surface area contributed by atoms with Gasteiger partial charge in [0.2, 0.25) is 11.8 Å². The summed E-state index contributed by atoms with van der Waals surface area (Å²) in [6, 6.07) is -1.15. The van der Waals surface area contributed by atoms with Gasteiger partial charge in [0.15, 0.2) is 0 Å². The predicted octanol–water partition coefficient (Wildman–Crippen LogP) is 3.77. The Labute approximate surface area is 201 Å². The van der Waals surface area contributed by atoms with Crippen LogP contribution in [0.5, 0.6) is 0 Å². The van der Waals surface area contributed by atoms with Crippen LogP contribution in [0, 0.1) is 11.3 Å². The summed E-state index contributed by atoms with van der Waals surface area (Å²) in [7, 11) is 1.75. The Bertz CT molecular complexity index is 694. The number of amides is 2. The fraction of sp³-hybridized carbons (Fsp3) is 0.808. The van der Waals surface area contributed by atoms with Crippen molar-refractivity contribution in [1.82, 2.24) is 15.1 Å². The van der Waals surface area contributed by atoms with E-state index >= 15 is 0 Å². The minimum absolute atomic E-state index is 0.0656. The van der Waals surface area contributed by atoms with E-state index < -0.39 is 11.5 Å². The molecule has 1 N–H and O–H groups in total. The number of likely N-dealkylation sites (tertiary alicyclic amines) is 1. The van der Waals surface area contributed by atoms with Gasteiger partial charge in [0.1, 0.15) is 6.04 Å². The van der Waals surface area contributed by atoms with Crippen LogP contribution in [0.25, 0.3) is 0 Å². The zero-order valence-electron chi connectivity index (χ0n) is 22.4. The molecule has 1 aliphatic rings. The minimum atomic E-state index is -0.669. The van der Waals surface area contributed by atoms with Crippen molar-refractivity contribution in [2.24, 2.45) is 11.3 Å². The van der Waals surface area contributed by atoms with E-state index in [0.29, 0.717) is 12.2 Å². The third kappa shape index (κ3) is 8.43. The second-order valence-corrected chi connectivity index (χ2v) is 10.6. The standard InChI is InChI=1S/C26H47N3O4/c1-10-15-29-16-13-12-14-20(29)23(30)27-22(26(6,7)8)24(31)28(9)21(18(3)4)17-19(5)25(32)33-11-2/h17-18,20-22H,10-16H2,1-9H3,(H,27,30)/b19-17+. The summed E-state index contributed by atoms with van der Waals surface area (Å²) in [6.07, 6.45) is 5.75. The molecule has 1 fully saturated rings. The molecule has 1 rings (SSSR count). The van der Waals surface area contributed by atoms with Gasteiger partial charge < -0.3 is 15.0 Å². The maximum atomic E-state index is 13.7. The first-order chi connectivity index (χ1) is 15.3. The Kier molecular flexibility index (Phi) is 11.6. The van der Waals surface area contributed by atoms with Crippen LogP contribution >= 0.6 is 0 Å². The highest BCUT2D eigenvalue weighted by atomic mass is 16.5. The van der Waals surface area contributed by atoms with Crippen molar-refractivity contribution < 1.29 is 19.1 Å². The number of nitrogens with one attached hydrogen (secondary N) is 1. The topological polar surface area (TPSA) is 79.0 Å². The van der Waals surface area contributed by atoms with E-state index in [4.69, 9.17) is 4.74 Å². The highest BCUT2D eigenvalue weighted by Crippen LogP contribution is 2.25. The van der Waals surface area contributed by atoms with Gasteiger partial charge in [-0.15, -0.1) is 0 Å². The molecule has 0 aromatic heterocycles. The molecule has 0 saturated carbocycles. The summed E-state index contributed by atoms with van der Waals surface area (Å²) < 4.78 is 5.10. The van der Waals surface area contributed by atoms with Crippen LogP contribution < -0.4 is 5.32 Å². The Morgan fingerprint density at radius 1 is 1.18 bits per heavy atom. The first-order valence-electron chi connectivity index (χ1n) is 12.5. The molecule has 3 unspecified atom stereocenters. The van der Waals surface area contributed by atoms with Crippen LogP contribution in [0.1, 0.15) is 81.1 Å². The van der Waals surface area contributed by atoms with E-state index in [1.165, 1.54) is 0 Å². The molecule has 0 aromatic rings. The summed E-state index contributed by atoms with van der Waals surface area (Å²) in [6.45, 7) is 17.7. The van der Waals surface area contributed by atoms with Gasteiger partial charge in [-0.25, -0.2) is 4.79 Å². The lowest BCUT2D eigenvalue weighted by Crippen LogP contribution is -2.60. The third-order valence-corrected chi connectivity index (χ3v) is 6.32. The van der Waals surface area contributed by atoms with Gasteiger partial charge in [-0.2, -0.15) is 0 Å². The second-order valence-electron chi connectivity index (χ2n) is 10.6.